The maximum absolute atomic E-state index is 13.1. The maximum atomic E-state index is 13.1. The van der Waals surface area contributed by atoms with Gasteiger partial charge < -0.3 is 14.8 Å². The Kier molecular flexibility index (Phi) is 6.84. The van der Waals surface area contributed by atoms with E-state index in [0.29, 0.717) is 11.3 Å². The van der Waals surface area contributed by atoms with Gasteiger partial charge in [-0.3, -0.25) is 4.74 Å². The van der Waals surface area contributed by atoms with Crippen LogP contribution >= 0.6 is 0 Å². The molecule has 1 aliphatic rings. The summed E-state index contributed by atoms with van der Waals surface area (Å²) in [6, 6.07) is 22.4. The normalized spacial score (nSPS) is 16.5. The fourth-order valence-electron chi connectivity index (χ4n) is 4.41. The Labute approximate surface area is 225 Å². The van der Waals surface area contributed by atoms with E-state index in [-0.39, 0.29) is 5.84 Å². The van der Waals surface area contributed by atoms with E-state index >= 15 is 0 Å². The molecule has 1 aliphatic heterocycles. The zero-order valence-corrected chi connectivity index (χ0v) is 23.4. The van der Waals surface area contributed by atoms with Crippen LogP contribution in [-0.4, -0.2) is 39.4 Å². The predicted molar refractivity (Wildman–Crippen MR) is 149 cm³/mol. The van der Waals surface area contributed by atoms with Crippen LogP contribution in [0, 0.1) is 5.21 Å². The van der Waals surface area contributed by atoms with Crippen molar-refractivity contribution in [2.24, 2.45) is 0 Å². The molecule has 0 saturated heterocycles. The third kappa shape index (κ3) is 4.54. The van der Waals surface area contributed by atoms with Gasteiger partial charge in [0.15, 0.2) is 5.54 Å². The van der Waals surface area contributed by atoms with Gasteiger partial charge in [0.2, 0.25) is 0 Å². The number of nitrogens with zero attached hydrogens (tertiary/aromatic N) is 4. The molecule has 3 aromatic carbocycles. The summed E-state index contributed by atoms with van der Waals surface area (Å²) in [7, 11) is 1.62. The molecule has 8 nitrogen and oxygen atoms in total. The molecule has 38 heavy (non-hydrogen) atoms. The van der Waals surface area contributed by atoms with Crippen LogP contribution in [0.3, 0.4) is 0 Å². The molecule has 0 saturated carbocycles. The smallest absolute Gasteiger partial charge is 0.316 e. The highest BCUT2D eigenvalue weighted by Gasteiger charge is 2.59. The molecule has 2 radical (unpaired) electrons. The second-order valence-electron chi connectivity index (χ2n) is 11.6. The SMILES string of the molecule is COc1ccc(N(c2ccc(C3=[N+]([O-])C(C)(C)C(C)(C)N3[O])cc2)c2ccc(N([O])C(C)(C)C)cc2)cc1. The van der Waals surface area contributed by atoms with Crippen molar-refractivity contribution in [2.75, 3.05) is 17.1 Å². The van der Waals surface area contributed by atoms with E-state index in [1.165, 1.54) is 0 Å². The number of amidine groups is 1. The molecule has 3 aromatic rings. The highest BCUT2D eigenvalue weighted by molar-refractivity contribution is 5.96. The molecule has 0 aliphatic carbocycles. The second-order valence-corrected chi connectivity index (χ2v) is 11.6. The minimum atomic E-state index is -0.887. The van der Waals surface area contributed by atoms with E-state index in [9.17, 15) is 15.6 Å². The lowest BCUT2D eigenvalue weighted by molar-refractivity contribution is -0.539. The summed E-state index contributed by atoms with van der Waals surface area (Å²) in [4.78, 5) is 2.04. The van der Waals surface area contributed by atoms with Crippen LogP contribution in [0.1, 0.15) is 54.0 Å². The number of anilines is 4. The highest BCUT2D eigenvalue weighted by Crippen LogP contribution is 2.39. The first kappa shape index (κ1) is 27.3. The van der Waals surface area contributed by atoms with Crippen molar-refractivity contribution in [3.05, 3.63) is 83.6 Å². The molecule has 200 valence electrons. The van der Waals surface area contributed by atoms with Gasteiger partial charge >= 0.3 is 5.84 Å². The fourth-order valence-corrected chi connectivity index (χ4v) is 4.41. The van der Waals surface area contributed by atoms with Crippen molar-refractivity contribution >= 4 is 28.6 Å². The van der Waals surface area contributed by atoms with Gasteiger partial charge in [0, 0.05) is 22.3 Å². The number of hydrogen-bond donors (Lipinski definition) is 0. The van der Waals surface area contributed by atoms with Crippen LogP contribution in [0.5, 0.6) is 5.75 Å². The number of benzene rings is 3. The van der Waals surface area contributed by atoms with Gasteiger partial charge in [-0.05, 0) is 121 Å². The molecule has 4 rings (SSSR count). The maximum Gasteiger partial charge on any atom is 0.316 e. The number of hydroxylamine groups is 4. The van der Waals surface area contributed by atoms with E-state index < -0.39 is 16.6 Å². The second kappa shape index (κ2) is 9.53. The molecule has 0 fully saturated rings. The third-order valence-electron chi connectivity index (χ3n) is 7.56. The average molecular weight is 517 g/mol. The van der Waals surface area contributed by atoms with Crippen LogP contribution in [0.4, 0.5) is 22.7 Å². The van der Waals surface area contributed by atoms with Gasteiger partial charge in [0.25, 0.3) is 0 Å². The van der Waals surface area contributed by atoms with Crippen LogP contribution in [0.2, 0.25) is 0 Å². The molecule has 0 amide bonds. The van der Waals surface area contributed by atoms with Crippen LogP contribution in [-0.2, 0) is 10.4 Å². The molecular weight excluding hydrogens is 480 g/mol. The van der Waals surface area contributed by atoms with E-state index in [0.717, 1.165) is 37.7 Å². The molecular formula is C30H36N4O4. The average Bonchev–Trinajstić information content (AvgIpc) is 3.00. The lowest BCUT2D eigenvalue weighted by atomic mass is 9.84. The van der Waals surface area contributed by atoms with Gasteiger partial charge in [-0.15, -0.1) is 0 Å². The minimum absolute atomic E-state index is 0.101. The van der Waals surface area contributed by atoms with Gasteiger partial charge in [-0.25, -0.2) is 5.06 Å². The molecule has 1 heterocycles. The van der Waals surface area contributed by atoms with E-state index in [4.69, 9.17) is 4.74 Å². The van der Waals surface area contributed by atoms with E-state index in [1.54, 1.807) is 46.9 Å². The Morgan fingerprint density at radius 1 is 0.789 bits per heavy atom. The van der Waals surface area contributed by atoms with Crippen LogP contribution in [0.15, 0.2) is 72.8 Å². The van der Waals surface area contributed by atoms with Crippen molar-refractivity contribution in [3.8, 4) is 5.75 Å². The number of ether oxygens (including phenoxy) is 1. The van der Waals surface area contributed by atoms with Crippen LogP contribution < -0.4 is 14.7 Å². The Balaban J connectivity index is 1.75. The molecule has 0 atom stereocenters. The standard InChI is InChI=1S/C30H36N4O4/c1-28(2,3)32(35)25-15-13-23(14-16-25)31(24-17-19-26(38-8)20-18-24)22-11-9-21(10-12-22)27-33(36)29(4,5)30(6,7)34(27)37/h9-20H,1-8H3. The van der Waals surface area contributed by atoms with Gasteiger partial charge in [0.1, 0.15) is 11.3 Å². The molecule has 0 spiro atoms. The van der Waals surface area contributed by atoms with Gasteiger partial charge in [-0.2, -0.15) is 0 Å². The monoisotopic (exact) mass is 516 g/mol. The predicted octanol–water partition coefficient (Wildman–Crippen LogP) is 6.59. The lowest BCUT2D eigenvalue weighted by Gasteiger charge is -2.32. The Hall–Kier alpha value is -3.75. The zero-order valence-electron chi connectivity index (χ0n) is 23.4. The van der Waals surface area contributed by atoms with Crippen molar-refractivity contribution < 1.29 is 19.9 Å². The quantitative estimate of drug-likeness (QED) is 0.210. The van der Waals surface area contributed by atoms with Gasteiger partial charge in [-0.1, -0.05) is 10.3 Å². The first-order valence-corrected chi connectivity index (χ1v) is 12.6. The molecule has 8 heteroatoms. The summed E-state index contributed by atoms with van der Waals surface area (Å²) >= 11 is 0. The summed E-state index contributed by atoms with van der Waals surface area (Å²) in [5.41, 5.74) is 1.35. The fraction of sp³-hybridized carbons (Fsp3) is 0.367. The molecule has 0 aromatic heterocycles. The summed E-state index contributed by atoms with van der Waals surface area (Å²) in [6.07, 6.45) is 0. The Morgan fingerprint density at radius 2 is 1.21 bits per heavy atom. The summed E-state index contributed by atoms with van der Waals surface area (Å²) < 4.78 is 6.15. The van der Waals surface area contributed by atoms with Crippen molar-refractivity contribution in [1.29, 1.82) is 0 Å². The number of hydrogen-bond acceptors (Lipinski definition) is 5. The highest BCUT2D eigenvalue weighted by atomic mass is 16.5. The topological polar surface area (TPSA) is 84.8 Å². The number of methoxy groups -OCH3 is 1. The molecule has 0 N–H and O–H groups in total. The largest absolute Gasteiger partial charge is 0.714 e. The van der Waals surface area contributed by atoms with Crippen molar-refractivity contribution in [3.63, 3.8) is 0 Å². The third-order valence-corrected chi connectivity index (χ3v) is 7.56. The van der Waals surface area contributed by atoms with E-state index in [1.807, 2.05) is 86.3 Å². The summed E-state index contributed by atoms with van der Waals surface area (Å²) in [5.74, 6) is 0.838. The minimum Gasteiger partial charge on any atom is -0.714 e. The number of rotatable bonds is 6. The van der Waals surface area contributed by atoms with Crippen molar-refractivity contribution in [2.45, 2.75) is 65.1 Å². The Morgan fingerprint density at radius 3 is 1.61 bits per heavy atom. The Bertz CT molecular complexity index is 1310. The molecule has 0 unspecified atom stereocenters. The van der Waals surface area contributed by atoms with E-state index in [2.05, 4.69) is 0 Å². The lowest BCUT2D eigenvalue weighted by Crippen LogP contribution is -2.53. The van der Waals surface area contributed by atoms with Gasteiger partial charge in [0.05, 0.1) is 23.9 Å². The summed E-state index contributed by atoms with van der Waals surface area (Å²) in [5, 5.41) is 40.7. The zero-order chi connectivity index (χ0) is 28.0. The first-order valence-electron chi connectivity index (χ1n) is 12.6. The van der Waals surface area contributed by atoms with Crippen molar-refractivity contribution in [1.82, 2.24) is 5.06 Å². The summed E-state index contributed by atoms with van der Waals surface area (Å²) in [6.45, 7) is 12.7. The van der Waals surface area contributed by atoms with Crippen LogP contribution in [0.25, 0.3) is 0 Å². The molecule has 0 bridgehead atoms. The first-order chi connectivity index (χ1) is 17.7.